The Kier molecular flexibility index (Phi) is 8.23. The molecule has 0 radical (unpaired) electrons. The highest BCUT2D eigenvalue weighted by atomic mass is 35.5. The fraction of sp³-hybridized carbons (Fsp3) is 0.423. The fourth-order valence-electron chi connectivity index (χ4n) is 4.91. The number of amides is 3. The van der Waals surface area contributed by atoms with Crippen molar-refractivity contribution in [1.29, 1.82) is 0 Å². The highest BCUT2D eigenvalue weighted by Gasteiger charge is 2.35. The fourth-order valence-corrected chi connectivity index (χ4v) is 5.44. The van der Waals surface area contributed by atoms with Crippen molar-refractivity contribution in [2.45, 2.75) is 19.0 Å². The number of piperazine rings is 2. The summed E-state index contributed by atoms with van der Waals surface area (Å²) in [5, 5.41) is 6.25. The molecular weight excluding hydrogens is 533 g/mol. The van der Waals surface area contributed by atoms with E-state index < -0.39 is 11.9 Å². The second-order valence-electron chi connectivity index (χ2n) is 9.54. The molecule has 2 aromatic carbocycles. The third kappa shape index (κ3) is 6.50. The van der Waals surface area contributed by atoms with Crippen molar-refractivity contribution in [2.24, 2.45) is 0 Å². The van der Waals surface area contributed by atoms with Gasteiger partial charge >= 0.3 is 0 Å². The van der Waals surface area contributed by atoms with Crippen LogP contribution in [0.5, 0.6) is 11.5 Å². The number of nitrogens with zero attached hydrogens (tertiary/aromatic N) is 3. The average molecular weight is 562 g/mol. The maximum atomic E-state index is 13.2. The van der Waals surface area contributed by atoms with Gasteiger partial charge in [0, 0.05) is 61.5 Å². The third-order valence-corrected chi connectivity index (χ3v) is 7.28. The lowest BCUT2D eigenvalue weighted by Gasteiger charge is -2.38. The standard InChI is InChI=1S/C26H29Cl2N5O5/c27-18-10-19(28)12-20(11-18)30-24(34)13-21-26(36)29-3-4-33(21)25(35)15-32-7-5-31(6-8-32)14-17-1-2-22-23(9-17)38-16-37-22/h1-2,9-12,21H,3-8,13-16H2,(H,29,36)(H,30,34). The smallest absolute Gasteiger partial charge is 0.243 e. The number of nitrogens with one attached hydrogen (secondary N) is 2. The number of hydrogen-bond donors (Lipinski definition) is 2. The molecule has 2 fully saturated rings. The number of anilines is 1. The molecular formula is C26H29Cl2N5O5. The van der Waals surface area contributed by atoms with Gasteiger partial charge in [-0.2, -0.15) is 0 Å². The van der Waals surface area contributed by atoms with Crippen LogP contribution in [0.15, 0.2) is 36.4 Å². The highest BCUT2D eigenvalue weighted by molar-refractivity contribution is 6.35. The largest absolute Gasteiger partial charge is 0.454 e. The number of benzene rings is 2. The predicted molar refractivity (Wildman–Crippen MR) is 143 cm³/mol. The molecule has 0 spiro atoms. The molecule has 5 rings (SSSR count). The first-order valence-electron chi connectivity index (χ1n) is 12.5. The zero-order valence-electron chi connectivity index (χ0n) is 20.8. The van der Waals surface area contributed by atoms with Crippen LogP contribution in [0.3, 0.4) is 0 Å². The molecule has 12 heteroatoms. The second kappa shape index (κ2) is 11.8. The Morgan fingerprint density at radius 1 is 0.947 bits per heavy atom. The number of hydrogen-bond acceptors (Lipinski definition) is 7. The van der Waals surface area contributed by atoms with Crippen LogP contribution in [0.25, 0.3) is 0 Å². The van der Waals surface area contributed by atoms with Gasteiger partial charge in [-0.15, -0.1) is 0 Å². The topological polar surface area (TPSA) is 103 Å². The van der Waals surface area contributed by atoms with E-state index in [4.69, 9.17) is 32.7 Å². The van der Waals surface area contributed by atoms with Gasteiger partial charge in [-0.05, 0) is 35.9 Å². The van der Waals surface area contributed by atoms with Gasteiger partial charge in [0.05, 0.1) is 13.0 Å². The summed E-state index contributed by atoms with van der Waals surface area (Å²) in [6, 6.07) is 9.81. The van der Waals surface area contributed by atoms with Crippen LogP contribution in [0.4, 0.5) is 5.69 Å². The van der Waals surface area contributed by atoms with Gasteiger partial charge in [0.15, 0.2) is 11.5 Å². The van der Waals surface area contributed by atoms with Gasteiger partial charge < -0.3 is 25.0 Å². The molecule has 2 aromatic rings. The minimum Gasteiger partial charge on any atom is -0.454 e. The van der Waals surface area contributed by atoms with Crippen molar-refractivity contribution in [3.05, 3.63) is 52.0 Å². The number of halogens is 2. The second-order valence-corrected chi connectivity index (χ2v) is 10.4. The lowest BCUT2D eigenvalue weighted by Crippen LogP contribution is -2.60. The Hall–Kier alpha value is -3.05. The van der Waals surface area contributed by atoms with E-state index in [1.165, 1.54) is 4.90 Å². The first-order chi connectivity index (χ1) is 18.3. The van der Waals surface area contributed by atoms with Gasteiger partial charge in [-0.25, -0.2) is 0 Å². The number of carbonyl (C=O) groups is 3. The van der Waals surface area contributed by atoms with Crippen LogP contribution in [0, 0.1) is 0 Å². The molecule has 2 saturated heterocycles. The molecule has 3 heterocycles. The Balaban J connectivity index is 1.12. The van der Waals surface area contributed by atoms with E-state index in [2.05, 4.69) is 20.4 Å². The van der Waals surface area contributed by atoms with Crippen molar-refractivity contribution < 1.29 is 23.9 Å². The Labute approximate surface area is 230 Å². The molecule has 10 nitrogen and oxygen atoms in total. The monoisotopic (exact) mass is 561 g/mol. The summed E-state index contributed by atoms with van der Waals surface area (Å²) in [7, 11) is 0. The molecule has 202 valence electrons. The zero-order valence-corrected chi connectivity index (χ0v) is 22.3. The van der Waals surface area contributed by atoms with Crippen LogP contribution in [-0.2, 0) is 20.9 Å². The van der Waals surface area contributed by atoms with Crippen molar-refractivity contribution in [1.82, 2.24) is 20.0 Å². The van der Waals surface area contributed by atoms with Crippen LogP contribution >= 0.6 is 23.2 Å². The van der Waals surface area contributed by atoms with Crippen LogP contribution in [-0.4, -0.2) is 91.1 Å². The Bertz CT molecular complexity index is 1200. The lowest BCUT2D eigenvalue weighted by atomic mass is 10.1. The van der Waals surface area contributed by atoms with Gasteiger partial charge in [-0.3, -0.25) is 24.2 Å². The molecule has 0 aliphatic carbocycles. The van der Waals surface area contributed by atoms with Crippen molar-refractivity contribution >= 4 is 46.6 Å². The first kappa shape index (κ1) is 26.6. The van der Waals surface area contributed by atoms with E-state index >= 15 is 0 Å². The molecule has 0 saturated carbocycles. The molecule has 38 heavy (non-hydrogen) atoms. The summed E-state index contributed by atoms with van der Waals surface area (Å²) in [6.45, 7) is 5.06. The summed E-state index contributed by atoms with van der Waals surface area (Å²) in [4.78, 5) is 44.5. The van der Waals surface area contributed by atoms with E-state index in [1.54, 1.807) is 18.2 Å². The number of rotatable bonds is 7. The van der Waals surface area contributed by atoms with E-state index in [9.17, 15) is 14.4 Å². The maximum absolute atomic E-state index is 13.2. The van der Waals surface area contributed by atoms with E-state index in [0.29, 0.717) is 28.8 Å². The molecule has 0 aromatic heterocycles. The molecule has 3 aliphatic rings. The molecule has 3 aliphatic heterocycles. The van der Waals surface area contributed by atoms with Gasteiger partial charge in [0.25, 0.3) is 0 Å². The van der Waals surface area contributed by atoms with Gasteiger partial charge in [0.2, 0.25) is 24.5 Å². The SMILES string of the molecule is O=C(CC1C(=O)NCCN1C(=O)CN1CCN(Cc2ccc3c(c2)OCO3)CC1)Nc1cc(Cl)cc(Cl)c1. The average Bonchev–Trinajstić information content (AvgIpc) is 3.34. The maximum Gasteiger partial charge on any atom is 0.243 e. The van der Waals surface area contributed by atoms with Crippen LogP contribution in [0.1, 0.15) is 12.0 Å². The zero-order chi connectivity index (χ0) is 26.6. The number of carbonyl (C=O) groups excluding carboxylic acids is 3. The van der Waals surface area contributed by atoms with E-state index in [0.717, 1.165) is 49.8 Å². The van der Waals surface area contributed by atoms with Crippen molar-refractivity contribution in [3.63, 3.8) is 0 Å². The quantitative estimate of drug-likeness (QED) is 0.534. The predicted octanol–water partition coefficient (Wildman–Crippen LogP) is 2.20. The van der Waals surface area contributed by atoms with E-state index in [-0.39, 0.29) is 31.6 Å². The number of fused-ring (bicyclic) bond motifs is 1. The molecule has 1 atom stereocenters. The Morgan fingerprint density at radius 2 is 1.66 bits per heavy atom. The first-order valence-corrected chi connectivity index (χ1v) is 13.3. The molecule has 2 N–H and O–H groups in total. The van der Waals surface area contributed by atoms with Crippen molar-refractivity contribution in [2.75, 3.05) is 57.9 Å². The van der Waals surface area contributed by atoms with Gasteiger partial charge in [0.1, 0.15) is 6.04 Å². The van der Waals surface area contributed by atoms with Crippen LogP contribution < -0.4 is 20.1 Å². The normalized spacial score (nSPS) is 19.8. The van der Waals surface area contributed by atoms with Crippen molar-refractivity contribution in [3.8, 4) is 11.5 Å². The minimum atomic E-state index is -0.877. The third-order valence-electron chi connectivity index (χ3n) is 6.84. The lowest BCUT2D eigenvalue weighted by molar-refractivity contribution is -0.145. The summed E-state index contributed by atoms with van der Waals surface area (Å²) < 4.78 is 10.9. The number of ether oxygens (including phenoxy) is 2. The Morgan fingerprint density at radius 3 is 2.42 bits per heavy atom. The van der Waals surface area contributed by atoms with Crippen LogP contribution in [0.2, 0.25) is 10.0 Å². The van der Waals surface area contributed by atoms with E-state index in [1.807, 2.05) is 18.2 Å². The highest BCUT2D eigenvalue weighted by Crippen LogP contribution is 2.33. The minimum absolute atomic E-state index is 0.160. The van der Waals surface area contributed by atoms with Gasteiger partial charge in [-0.1, -0.05) is 29.3 Å². The summed E-state index contributed by atoms with van der Waals surface area (Å²) in [5.74, 6) is 0.649. The summed E-state index contributed by atoms with van der Waals surface area (Å²) >= 11 is 12.0. The summed E-state index contributed by atoms with van der Waals surface area (Å²) in [6.07, 6.45) is -0.162. The summed E-state index contributed by atoms with van der Waals surface area (Å²) in [5.41, 5.74) is 1.58. The molecule has 3 amide bonds. The molecule has 1 unspecified atom stereocenters. The molecule has 0 bridgehead atoms.